The molecule has 112 valence electrons. The number of aromatic nitrogens is 5. The van der Waals surface area contributed by atoms with E-state index in [9.17, 15) is 13.2 Å². The van der Waals surface area contributed by atoms with E-state index in [1.54, 1.807) is 19.3 Å². The number of alkyl halides is 3. The summed E-state index contributed by atoms with van der Waals surface area (Å²) in [6.45, 7) is 0. The SMILES string of the molecule is CNc1nc(NC2(C(F)(F)F)CC2)nc(-n2cccn2)n1. The topological polar surface area (TPSA) is 80.5 Å². The van der Waals surface area contributed by atoms with Crippen LogP contribution in [0.25, 0.3) is 5.95 Å². The van der Waals surface area contributed by atoms with E-state index in [4.69, 9.17) is 0 Å². The first-order valence-electron chi connectivity index (χ1n) is 6.22. The summed E-state index contributed by atoms with van der Waals surface area (Å²) in [7, 11) is 1.57. The van der Waals surface area contributed by atoms with Gasteiger partial charge < -0.3 is 10.6 Å². The summed E-state index contributed by atoms with van der Waals surface area (Å²) in [6, 6.07) is 1.66. The molecule has 10 heteroatoms. The number of nitrogens with zero attached hydrogens (tertiary/aromatic N) is 5. The van der Waals surface area contributed by atoms with Crippen molar-refractivity contribution in [2.75, 3.05) is 17.7 Å². The van der Waals surface area contributed by atoms with Gasteiger partial charge in [0.1, 0.15) is 5.54 Å². The number of hydrogen-bond donors (Lipinski definition) is 2. The number of nitrogens with one attached hydrogen (secondary N) is 2. The van der Waals surface area contributed by atoms with Crippen molar-refractivity contribution in [1.82, 2.24) is 24.7 Å². The number of rotatable bonds is 4. The Balaban J connectivity index is 1.94. The van der Waals surface area contributed by atoms with E-state index in [0.29, 0.717) is 0 Å². The van der Waals surface area contributed by atoms with Crippen molar-refractivity contribution in [2.45, 2.75) is 24.6 Å². The Labute approximate surface area is 117 Å². The van der Waals surface area contributed by atoms with Gasteiger partial charge in [0.25, 0.3) is 5.95 Å². The molecular weight excluding hydrogens is 287 g/mol. The molecule has 1 aliphatic rings. The van der Waals surface area contributed by atoms with Gasteiger partial charge in [-0.15, -0.1) is 0 Å². The van der Waals surface area contributed by atoms with Crippen LogP contribution >= 0.6 is 0 Å². The molecule has 2 heterocycles. The van der Waals surface area contributed by atoms with Gasteiger partial charge >= 0.3 is 6.18 Å². The van der Waals surface area contributed by atoms with Crippen molar-refractivity contribution in [2.24, 2.45) is 0 Å². The van der Waals surface area contributed by atoms with Gasteiger partial charge in [0.15, 0.2) is 0 Å². The van der Waals surface area contributed by atoms with Crippen molar-refractivity contribution in [1.29, 1.82) is 0 Å². The fourth-order valence-electron chi connectivity index (χ4n) is 1.84. The van der Waals surface area contributed by atoms with Gasteiger partial charge in [0.2, 0.25) is 11.9 Å². The smallest absolute Gasteiger partial charge is 0.357 e. The molecule has 0 bridgehead atoms. The quantitative estimate of drug-likeness (QED) is 0.892. The van der Waals surface area contributed by atoms with E-state index < -0.39 is 11.7 Å². The summed E-state index contributed by atoms with van der Waals surface area (Å²) in [5, 5.41) is 9.02. The van der Waals surface area contributed by atoms with E-state index in [0.717, 1.165) is 0 Å². The van der Waals surface area contributed by atoms with Crippen LogP contribution in [-0.4, -0.2) is 43.5 Å². The molecule has 0 amide bonds. The average molecular weight is 299 g/mol. The molecule has 0 saturated heterocycles. The van der Waals surface area contributed by atoms with E-state index in [1.807, 2.05) is 0 Å². The minimum Gasteiger partial charge on any atom is -0.357 e. The molecule has 2 aromatic rings. The predicted molar refractivity (Wildman–Crippen MR) is 68.1 cm³/mol. The van der Waals surface area contributed by atoms with E-state index in [2.05, 4.69) is 30.7 Å². The minimum absolute atomic E-state index is 0.00811. The molecule has 0 radical (unpaired) electrons. The summed E-state index contributed by atoms with van der Waals surface area (Å²) < 4.78 is 40.3. The number of halogens is 3. The Morgan fingerprint density at radius 1 is 1.19 bits per heavy atom. The van der Waals surface area contributed by atoms with Crippen molar-refractivity contribution < 1.29 is 13.2 Å². The van der Waals surface area contributed by atoms with Crippen LogP contribution in [0.4, 0.5) is 25.1 Å². The Morgan fingerprint density at radius 2 is 1.90 bits per heavy atom. The van der Waals surface area contributed by atoms with Gasteiger partial charge in [0.05, 0.1) is 0 Å². The predicted octanol–water partition coefficient (Wildman–Crippen LogP) is 1.61. The summed E-state index contributed by atoms with van der Waals surface area (Å²) in [4.78, 5) is 12.0. The van der Waals surface area contributed by atoms with Crippen LogP contribution in [0, 0.1) is 0 Å². The lowest BCUT2D eigenvalue weighted by atomic mass is 10.3. The second-order valence-electron chi connectivity index (χ2n) is 4.69. The molecule has 0 unspecified atom stereocenters. The molecular formula is C11H12F3N7. The van der Waals surface area contributed by atoms with Crippen LogP contribution in [-0.2, 0) is 0 Å². The van der Waals surface area contributed by atoms with E-state index >= 15 is 0 Å². The highest BCUT2D eigenvalue weighted by atomic mass is 19.4. The van der Waals surface area contributed by atoms with Crippen molar-refractivity contribution in [3.05, 3.63) is 18.5 Å². The van der Waals surface area contributed by atoms with Crippen LogP contribution in [0.3, 0.4) is 0 Å². The Bertz CT molecular complexity index is 634. The average Bonchev–Trinajstić information content (AvgIpc) is 3.03. The van der Waals surface area contributed by atoms with E-state index in [1.165, 1.54) is 10.9 Å². The molecule has 2 aromatic heterocycles. The van der Waals surface area contributed by atoms with Crippen molar-refractivity contribution in [3.8, 4) is 5.95 Å². The maximum Gasteiger partial charge on any atom is 0.411 e. The highest BCUT2D eigenvalue weighted by Gasteiger charge is 2.64. The monoisotopic (exact) mass is 299 g/mol. The Kier molecular flexibility index (Phi) is 2.96. The normalized spacial score (nSPS) is 16.6. The fraction of sp³-hybridized carbons (Fsp3) is 0.455. The molecule has 21 heavy (non-hydrogen) atoms. The first-order valence-corrected chi connectivity index (χ1v) is 6.22. The lowest BCUT2D eigenvalue weighted by Gasteiger charge is -2.20. The number of hydrogen-bond acceptors (Lipinski definition) is 6. The molecule has 0 atom stereocenters. The molecule has 0 spiro atoms. The highest BCUT2D eigenvalue weighted by molar-refractivity contribution is 5.42. The molecule has 0 aliphatic heterocycles. The third kappa shape index (κ3) is 2.48. The van der Waals surface area contributed by atoms with Crippen LogP contribution in [0.5, 0.6) is 0 Å². The van der Waals surface area contributed by atoms with E-state index in [-0.39, 0.29) is 30.7 Å². The van der Waals surface area contributed by atoms with Gasteiger partial charge in [-0.1, -0.05) is 0 Å². The third-order valence-electron chi connectivity index (χ3n) is 3.20. The summed E-state index contributed by atoms with van der Waals surface area (Å²) in [6.07, 6.45) is -1.21. The molecule has 1 fully saturated rings. The lowest BCUT2D eigenvalue weighted by molar-refractivity contribution is -0.151. The van der Waals surface area contributed by atoms with Crippen LogP contribution in [0.1, 0.15) is 12.8 Å². The van der Waals surface area contributed by atoms with Crippen molar-refractivity contribution in [3.63, 3.8) is 0 Å². The third-order valence-corrected chi connectivity index (χ3v) is 3.20. The van der Waals surface area contributed by atoms with Crippen LogP contribution < -0.4 is 10.6 Å². The number of anilines is 2. The maximum absolute atomic E-state index is 13.0. The standard InChI is InChI=1S/C11H12F3N7/c1-15-7-17-8(20-10(3-4-10)11(12,13)14)19-9(18-7)21-6-2-5-16-21/h2,5-6H,3-4H2,1H3,(H2,15,17,18,19,20). The van der Waals surface area contributed by atoms with Crippen LogP contribution in [0.15, 0.2) is 18.5 Å². The van der Waals surface area contributed by atoms with Gasteiger partial charge in [0, 0.05) is 19.4 Å². The van der Waals surface area contributed by atoms with Gasteiger partial charge in [-0.05, 0) is 18.9 Å². The van der Waals surface area contributed by atoms with Gasteiger partial charge in [-0.3, -0.25) is 0 Å². The maximum atomic E-state index is 13.0. The molecule has 1 aliphatic carbocycles. The second-order valence-corrected chi connectivity index (χ2v) is 4.69. The zero-order valence-corrected chi connectivity index (χ0v) is 11.0. The Hall–Kier alpha value is -2.39. The first-order chi connectivity index (χ1) is 9.93. The largest absolute Gasteiger partial charge is 0.411 e. The van der Waals surface area contributed by atoms with Gasteiger partial charge in [-0.25, -0.2) is 4.68 Å². The fourth-order valence-corrected chi connectivity index (χ4v) is 1.84. The summed E-state index contributed by atoms with van der Waals surface area (Å²) in [5.41, 5.74) is -1.93. The second kappa shape index (κ2) is 4.57. The minimum atomic E-state index is -4.34. The molecule has 2 N–H and O–H groups in total. The highest BCUT2D eigenvalue weighted by Crippen LogP contribution is 2.50. The molecule has 3 rings (SSSR count). The van der Waals surface area contributed by atoms with Crippen molar-refractivity contribution >= 4 is 11.9 Å². The van der Waals surface area contributed by atoms with Gasteiger partial charge in [-0.2, -0.15) is 33.2 Å². The molecule has 1 saturated carbocycles. The summed E-state index contributed by atoms with van der Waals surface area (Å²) in [5.74, 6) is 0.172. The molecule has 0 aromatic carbocycles. The Morgan fingerprint density at radius 3 is 2.43 bits per heavy atom. The zero-order chi connectivity index (χ0) is 15.1. The summed E-state index contributed by atoms with van der Waals surface area (Å²) >= 11 is 0. The zero-order valence-electron chi connectivity index (χ0n) is 11.0. The molecule has 7 nitrogen and oxygen atoms in total. The van der Waals surface area contributed by atoms with Crippen LogP contribution in [0.2, 0.25) is 0 Å². The lowest BCUT2D eigenvalue weighted by Crippen LogP contribution is -2.39. The first kappa shape index (κ1) is 13.6.